The van der Waals surface area contributed by atoms with E-state index in [9.17, 15) is 0 Å². The van der Waals surface area contributed by atoms with Gasteiger partial charge in [-0.1, -0.05) is 32.9 Å². The van der Waals surface area contributed by atoms with Crippen LogP contribution in [0.2, 0.25) is 0 Å². The molecule has 1 heterocycles. The van der Waals surface area contributed by atoms with Gasteiger partial charge in [0, 0.05) is 17.0 Å². The summed E-state index contributed by atoms with van der Waals surface area (Å²) in [6.07, 6.45) is 3.11. The average molecular weight is 245 g/mol. The van der Waals surface area contributed by atoms with Crippen molar-refractivity contribution < 1.29 is 4.74 Å². The maximum absolute atomic E-state index is 6.22. The second-order valence-corrected chi connectivity index (χ2v) is 5.07. The molecule has 1 aromatic carbocycles. The molecule has 98 valence electrons. The molecule has 1 aromatic heterocycles. The largest absolute Gasteiger partial charge is 0.472 e. The van der Waals surface area contributed by atoms with Gasteiger partial charge in [-0.05, 0) is 37.8 Å². The number of aromatic amines is 1. The van der Waals surface area contributed by atoms with Crippen LogP contribution in [0.25, 0.3) is 10.9 Å². The molecule has 1 N–H and O–H groups in total. The van der Waals surface area contributed by atoms with Crippen molar-refractivity contribution in [2.45, 2.75) is 52.6 Å². The molecule has 0 aliphatic carbocycles. The van der Waals surface area contributed by atoms with Gasteiger partial charge in [-0.15, -0.1) is 0 Å². The number of hydrogen-bond donors (Lipinski definition) is 1. The van der Waals surface area contributed by atoms with E-state index >= 15 is 0 Å². The van der Waals surface area contributed by atoms with Gasteiger partial charge in [0.1, 0.15) is 5.60 Å². The summed E-state index contributed by atoms with van der Waals surface area (Å²) >= 11 is 0. The zero-order valence-corrected chi connectivity index (χ0v) is 11.8. The van der Waals surface area contributed by atoms with Crippen LogP contribution >= 0.6 is 0 Å². The minimum absolute atomic E-state index is 0.0318. The second kappa shape index (κ2) is 5.05. The Morgan fingerprint density at radius 2 is 1.72 bits per heavy atom. The molecule has 0 saturated carbocycles. The summed E-state index contributed by atoms with van der Waals surface area (Å²) < 4.78 is 6.22. The second-order valence-electron chi connectivity index (χ2n) is 5.07. The molecule has 0 spiro atoms. The maximum Gasteiger partial charge on any atom is 0.192 e. The maximum atomic E-state index is 6.22. The van der Waals surface area contributed by atoms with E-state index in [2.05, 4.69) is 56.9 Å². The van der Waals surface area contributed by atoms with Crippen molar-refractivity contribution in [3.05, 3.63) is 29.8 Å². The van der Waals surface area contributed by atoms with Gasteiger partial charge in [-0.2, -0.15) is 0 Å². The van der Waals surface area contributed by atoms with Gasteiger partial charge >= 0.3 is 0 Å². The molecule has 0 aliphatic rings. The molecule has 0 saturated heterocycles. The number of H-pyrrole nitrogens is 1. The molecule has 0 unspecified atom stereocenters. The highest BCUT2D eigenvalue weighted by molar-refractivity contribution is 5.81. The van der Waals surface area contributed by atoms with Crippen molar-refractivity contribution in [3.8, 4) is 5.88 Å². The highest BCUT2D eigenvalue weighted by Gasteiger charge is 2.26. The molecule has 2 aromatic rings. The fraction of sp³-hybridized carbons (Fsp3) is 0.500. The Bertz CT molecular complexity index is 515. The Morgan fingerprint density at radius 3 is 2.33 bits per heavy atom. The van der Waals surface area contributed by atoms with Crippen molar-refractivity contribution in [2.24, 2.45) is 0 Å². The Balaban J connectivity index is 2.31. The summed E-state index contributed by atoms with van der Waals surface area (Å²) in [4.78, 5) is 3.37. The van der Waals surface area contributed by atoms with Crippen LogP contribution in [0.4, 0.5) is 0 Å². The van der Waals surface area contributed by atoms with Gasteiger partial charge in [0.25, 0.3) is 0 Å². The minimum atomic E-state index is -0.0318. The zero-order valence-electron chi connectivity index (χ0n) is 11.8. The highest BCUT2D eigenvalue weighted by atomic mass is 16.5. The topological polar surface area (TPSA) is 25.0 Å². The number of aromatic nitrogens is 1. The summed E-state index contributed by atoms with van der Waals surface area (Å²) in [5.74, 6) is 0.890. The van der Waals surface area contributed by atoms with Crippen LogP contribution in [0.5, 0.6) is 5.88 Å². The third kappa shape index (κ3) is 2.38. The van der Waals surface area contributed by atoms with Gasteiger partial charge in [-0.3, -0.25) is 0 Å². The number of rotatable bonds is 5. The first-order valence-corrected chi connectivity index (χ1v) is 6.91. The van der Waals surface area contributed by atoms with Crippen molar-refractivity contribution in [1.29, 1.82) is 0 Å². The molecule has 0 radical (unpaired) electrons. The standard InChI is InChI=1S/C16H23NO/c1-5-16(6-2,7-3)18-15-11-13-9-8-12(4)10-14(13)17-15/h8-11,17H,5-7H2,1-4H3. The van der Waals surface area contributed by atoms with Gasteiger partial charge in [0.05, 0.1) is 0 Å². The Hall–Kier alpha value is -1.44. The number of nitrogens with one attached hydrogen (secondary N) is 1. The number of hydrogen-bond acceptors (Lipinski definition) is 1. The quantitative estimate of drug-likeness (QED) is 0.802. The van der Waals surface area contributed by atoms with Gasteiger partial charge in [0.2, 0.25) is 0 Å². The Kier molecular flexibility index (Phi) is 3.65. The van der Waals surface area contributed by atoms with E-state index in [1.54, 1.807) is 0 Å². The van der Waals surface area contributed by atoms with Crippen molar-refractivity contribution in [1.82, 2.24) is 4.98 Å². The summed E-state index contributed by atoms with van der Waals surface area (Å²) in [5, 5.41) is 1.22. The lowest BCUT2D eigenvalue weighted by atomic mass is 9.94. The average Bonchev–Trinajstić information content (AvgIpc) is 2.77. The van der Waals surface area contributed by atoms with E-state index < -0.39 is 0 Å². The van der Waals surface area contributed by atoms with Gasteiger partial charge in [0.15, 0.2) is 5.88 Å². The molecule has 0 bridgehead atoms. The molecular weight excluding hydrogens is 222 g/mol. The predicted molar refractivity (Wildman–Crippen MR) is 77.3 cm³/mol. The Labute approximate surface area is 109 Å². The molecule has 0 aliphatic heterocycles. The SMILES string of the molecule is CCC(CC)(CC)Oc1cc2ccc(C)cc2[nH]1. The predicted octanol–water partition coefficient (Wildman–Crippen LogP) is 4.82. The molecule has 2 rings (SSSR count). The van der Waals surface area contributed by atoms with Crippen LogP contribution < -0.4 is 4.74 Å². The first-order chi connectivity index (χ1) is 8.62. The summed E-state index contributed by atoms with van der Waals surface area (Å²) in [6, 6.07) is 8.53. The van der Waals surface area contributed by atoms with Crippen LogP contribution in [0, 0.1) is 6.92 Å². The lowest BCUT2D eigenvalue weighted by molar-refractivity contribution is 0.0520. The van der Waals surface area contributed by atoms with E-state index in [0.29, 0.717) is 0 Å². The number of fused-ring (bicyclic) bond motifs is 1. The first-order valence-electron chi connectivity index (χ1n) is 6.91. The molecular formula is C16H23NO. The summed E-state index contributed by atoms with van der Waals surface area (Å²) in [7, 11) is 0. The van der Waals surface area contributed by atoms with Crippen LogP contribution in [-0.2, 0) is 0 Å². The van der Waals surface area contributed by atoms with E-state index in [0.717, 1.165) is 30.7 Å². The molecule has 2 heteroatoms. The third-order valence-electron chi connectivity index (χ3n) is 4.01. The van der Waals surface area contributed by atoms with E-state index in [1.807, 2.05) is 0 Å². The van der Waals surface area contributed by atoms with Crippen LogP contribution in [-0.4, -0.2) is 10.6 Å². The van der Waals surface area contributed by atoms with Crippen LogP contribution in [0.1, 0.15) is 45.6 Å². The first kappa shape index (κ1) is 13.0. The van der Waals surface area contributed by atoms with E-state index in [4.69, 9.17) is 4.74 Å². The zero-order chi connectivity index (χ0) is 13.2. The molecule has 0 amide bonds. The lowest BCUT2D eigenvalue weighted by Gasteiger charge is -2.30. The molecule has 0 atom stereocenters. The molecule has 18 heavy (non-hydrogen) atoms. The van der Waals surface area contributed by atoms with Gasteiger partial charge < -0.3 is 9.72 Å². The van der Waals surface area contributed by atoms with E-state index in [1.165, 1.54) is 10.9 Å². The normalized spacial score (nSPS) is 12.0. The third-order valence-corrected chi connectivity index (χ3v) is 4.01. The minimum Gasteiger partial charge on any atom is -0.472 e. The van der Waals surface area contributed by atoms with Crippen molar-refractivity contribution in [2.75, 3.05) is 0 Å². The summed E-state index contributed by atoms with van der Waals surface area (Å²) in [6.45, 7) is 8.69. The smallest absolute Gasteiger partial charge is 0.192 e. The van der Waals surface area contributed by atoms with Crippen LogP contribution in [0.15, 0.2) is 24.3 Å². The molecule has 2 nitrogen and oxygen atoms in total. The summed E-state index contributed by atoms with van der Waals surface area (Å²) in [5.41, 5.74) is 2.39. The number of benzene rings is 1. The highest BCUT2D eigenvalue weighted by Crippen LogP contribution is 2.29. The Morgan fingerprint density at radius 1 is 1.06 bits per heavy atom. The van der Waals surface area contributed by atoms with E-state index in [-0.39, 0.29) is 5.60 Å². The van der Waals surface area contributed by atoms with Gasteiger partial charge in [-0.25, -0.2) is 0 Å². The van der Waals surface area contributed by atoms with Crippen LogP contribution in [0.3, 0.4) is 0 Å². The lowest BCUT2D eigenvalue weighted by Crippen LogP contribution is -2.33. The molecule has 0 fully saturated rings. The van der Waals surface area contributed by atoms with Crippen molar-refractivity contribution >= 4 is 10.9 Å². The number of aryl methyl sites for hydroxylation is 1. The fourth-order valence-corrected chi connectivity index (χ4v) is 2.47. The monoisotopic (exact) mass is 245 g/mol. The van der Waals surface area contributed by atoms with Crippen molar-refractivity contribution in [3.63, 3.8) is 0 Å². The number of ether oxygens (including phenoxy) is 1. The fourth-order valence-electron chi connectivity index (χ4n) is 2.47.